The van der Waals surface area contributed by atoms with E-state index in [0.29, 0.717) is 17.8 Å². The molecule has 0 spiro atoms. The molecule has 3 saturated carbocycles. The number of rotatable bonds is 5. The number of anilines is 1. The molecule has 4 aliphatic carbocycles. The first-order valence-corrected chi connectivity index (χ1v) is 13.5. The Kier molecular flexibility index (Phi) is 7.72. The van der Waals surface area contributed by atoms with Crippen LogP contribution in [0.1, 0.15) is 90.7 Å². The summed E-state index contributed by atoms with van der Waals surface area (Å²) < 4.78 is 0. The highest BCUT2D eigenvalue weighted by molar-refractivity contribution is 7.13. The maximum Gasteiger partial charge on any atom is 0.182 e. The number of aromatic nitrogens is 1. The van der Waals surface area contributed by atoms with Crippen LogP contribution in [0, 0.1) is 28.6 Å². The summed E-state index contributed by atoms with van der Waals surface area (Å²) in [6, 6.07) is 0. The van der Waals surface area contributed by atoms with Crippen molar-refractivity contribution in [2.24, 2.45) is 28.6 Å². The fraction of sp³-hybridized carbons (Fsp3) is 0.808. The van der Waals surface area contributed by atoms with Crippen LogP contribution in [0.2, 0.25) is 0 Å². The van der Waals surface area contributed by atoms with E-state index in [2.05, 4.69) is 37.5 Å². The van der Waals surface area contributed by atoms with E-state index in [4.69, 9.17) is 4.98 Å². The van der Waals surface area contributed by atoms with Crippen LogP contribution in [-0.2, 0) is 5.60 Å². The molecule has 0 aromatic carbocycles. The number of hydrogen-bond donors (Lipinski definition) is 3. The van der Waals surface area contributed by atoms with Crippen LogP contribution in [0.5, 0.6) is 0 Å². The summed E-state index contributed by atoms with van der Waals surface area (Å²) in [4.78, 5) is 4.88. The Balaban J connectivity index is 0.00000153. The lowest BCUT2D eigenvalue weighted by atomic mass is 9.46. The van der Waals surface area contributed by atoms with E-state index in [9.17, 15) is 10.2 Å². The van der Waals surface area contributed by atoms with E-state index in [1.165, 1.54) is 24.8 Å². The lowest BCUT2D eigenvalue weighted by Gasteiger charge is -2.59. The Morgan fingerprint density at radius 1 is 1.09 bits per heavy atom. The van der Waals surface area contributed by atoms with Gasteiger partial charge in [0.05, 0.1) is 11.8 Å². The summed E-state index contributed by atoms with van der Waals surface area (Å²) in [5.41, 5.74) is 1.79. The minimum absolute atomic E-state index is 0. The second-order valence-electron chi connectivity index (χ2n) is 11.3. The molecular formula is C26H44N2O4S. The van der Waals surface area contributed by atoms with Crippen molar-refractivity contribution in [3.05, 3.63) is 22.7 Å². The van der Waals surface area contributed by atoms with Gasteiger partial charge in [0.2, 0.25) is 0 Å². The van der Waals surface area contributed by atoms with Crippen molar-refractivity contribution in [2.75, 3.05) is 11.9 Å². The number of aliphatic hydroxyl groups excluding tert-OH is 1. The summed E-state index contributed by atoms with van der Waals surface area (Å²) in [6.07, 6.45) is 12.9. The van der Waals surface area contributed by atoms with Crippen LogP contribution >= 0.6 is 11.3 Å². The van der Waals surface area contributed by atoms with Crippen molar-refractivity contribution in [2.45, 2.75) is 96.7 Å². The Hall–Kier alpha value is -0.990. The third-order valence-electron chi connectivity index (χ3n) is 9.98. The van der Waals surface area contributed by atoms with Crippen LogP contribution in [0.4, 0.5) is 5.13 Å². The molecule has 7 heteroatoms. The first-order valence-electron chi connectivity index (χ1n) is 12.6. The van der Waals surface area contributed by atoms with Gasteiger partial charge in [-0.3, -0.25) is 0 Å². The van der Waals surface area contributed by atoms with Gasteiger partial charge in [0, 0.05) is 17.3 Å². The average molecular weight is 481 g/mol. The SMILES string of the molecule is CCCCNc1nc([C@@]2(O)CC[C@H]3[C@@H]4CCC5=C[C@H](O)CC[C@]5(C)[C@H]4CC[C@@]32C)cs1.O.O. The molecule has 7 N–H and O–H groups in total. The molecule has 4 aliphatic rings. The third-order valence-corrected chi connectivity index (χ3v) is 10.8. The number of unbranched alkanes of at least 4 members (excludes halogenated alkanes) is 1. The summed E-state index contributed by atoms with van der Waals surface area (Å²) in [6.45, 7) is 7.99. The van der Waals surface area contributed by atoms with Crippen molar-refractivity contribution in [1.82, 2.24) is 4.98 Å². The van der Waals surface area contributed by atoms with Crippen molar-refractivity contribution in [3.8, 4) is 0 Å². The Bertz CT molecular complexity index is 859. The van der Waals surface area contributed by atoms with Crippen LogP contribution in [-0.4, -0.2) is 38.8 Å². The first-order chi connectivity index (χ1) is 14.8. The molecule has 33 heavy (non-hydrogen) atoms. The number of nitrogens with zero attached hydrogens (tertiary/aromatic N) is 1. The molecule has 7 atom stereocenters. The third kappa shape index (κ3) is 3.98. The Labute approximate surface area is 202 Å². The topological polar surface area (TPSA) is 128 Å². The van der Waals surface area contributed by atoms with E-state index in [1.54, 1.807) is 11.3 Å². The number of thiazole rings is 1. The average Bonchev–Trinajstić information content (AvgIpc) is 3.32. The fourth-order valence-corrected chi connectivity index (χ4v) is 8.87. The van der Waals surface area contributed by atoms with Gasteiger partial charge in [-0.1, -0.05) is 38.8 Å². The molecule has 0 saturated heterocycles. The van der Waals surface area contributed by atoms with E-state index >= 15 is 0 Å². The predicted molar refractivity (Wildman–Crippen MR) is 134 cm³/mol. The van der Waals surface area contributed by atoms with Gasteiger partial charge >= 0.3 is 0 Å². The quantitative estimate of drug-likeness (QED) is 0.430. The molecular weight excluding hydrogens is 436 g/mol. The highest BCUT2D eigenvalue weighted by Gasteiger charge is 2.65. The van der Waals surface area contributed by atoms with Gasteiger partial charge in [0.15, 0.2) is 5.13 Å². The molecule has 0 radical (unpaired) electrons. The normalized spacial score (nSPS) is 41.5. The molecule has 6 nitrogen and oxygen atoms in total. The van der Waals surface area contributed by atoms with Gasteiger partial charge in [0.1, 0.15) is 5.60 Å². The van der Waals surface area contributed by atoms with E-state index in [-0.39, 0.29) is 27.9 Å². The molecule has 3 fully saturated rings. The summed E-state index contributed by atoms with van der Waals surface area (Å²) >= 11 is 1.65. The largest absolute Gasteiger partial charge is 0.412 e. The number of aliphatic hydroxyl groups is 2. The Morgan fingerprint density at radius 2 is 1.85 bits per heavy atom. The van der Waals surface area contributed by atoms with Crippen molar-refractivity contribution in [3.63, 3.8) is 0 Å². The molecule has 1 aromatic rings. The lowest BCUT2D eigenvalue weighted by molar-refractivity contribution is -0.134. The standard InChI is InChI=1S/C26H40N2O2S.2H2O/c1-4-5-14-27-23-28-22(16-31-23)26(30)13-10-21-19-7-6-17-15-18(29)8-11-24(17,2)20(19)9-12-25(21,26)3;;/h15-16,18-21,29-30H,4-14H2,1-3H3,(H,27,28);2*1H2/t18-,19-,20+,21+,24+,25+,26+;;/m1../s1. The second-order valence-corrected chi connectivity index (χ2v) is 12.2. The van der Waals surface area contributed by atoms with Gasteiger partial charge in [-0.15, -0.1) is 11.3 Å². The van der Waals surface area contributed by atoms with E-state index in [1.807, 2.05) is 0 Å². The van der Waals surface area contributed by atoms with E-state index < -0.39 is 5.60 Å². The summed E-state index contributed by atoms with van der Waals surface area (Å²) in [7, 11) is 0. The van der Waals surface area contributed by atoms with Gasteiger partial charge < -0.3 is 26.5 Å². The van der Waals surface area contributed by atoms with Crippen LogP contribution in [0.3, 0.4) is 0 Å². The molecule has 0 unspecified atom stereocenters. The minimum Gasteiger partial charge on any atom is -0.412 e. The number of fused-ring (bicyclic) bond motifs is 5. The zero-order chi connectivity index (χ0) is 21.9. The smallest absolute Gasteiger partial charge is 0.182 e. The molecule has 1 aromatic heterocycles. The van der Waals surface area contributed by atoms with Gasteiger partial charge in [-0.2, -0.15) is 0 Å². The van der Waals surface area contributed by atoms with Gasteiger partial charge in [-0.05, 0) is 81.0 Å². The van der Waals surface area contributed by atoms with Crippen molar-refractivity contribution >= 4 is 16.5 Å². The van der Waals surface area contributed by atoms with Crippen molar-refractivity contribution in [1.29, 1.82) is 0 Å². The summed E-state index contributed by atoms with van der Waals surface area (Å²) in [5.74, 6) is 1.95. The highest BCUT2D eigenvalue weighted by atomic mass is 32.1. The van der Waals surface area contributed by atoms with Gasteiger partial charge in [-0.25, -0.2) is 4.98 Å². The van der Waals surface area contributed by atoms with E-state index in [0.717, 1.165) is 62.3 Å². The fourth-order valence-electron chi connectivity index (χ4n) is 8.06. The van der Waals surface area contributed by atoms with Crippen molar-refractivity contribution < 1.29 is 21.2 Å². The van der Waals surface area contributed by atoms with Crippen LogP contribution in [0.15, 0.2) is 17.0 Å². The maximum atomic E-state index is 12.1. The highest BCUT2D eigenvalue weighted by Crippen LogP contribution is 2.69. The maximum absolute atomic E-state index is 12.1. The lowest BCUT2D eigenvalue weighted by Crippen LogP contribution is -2.54. The number of nitrogens with one attached hydrogen (secondary N) is 1. The molecule has 188 valence electrons. The predicted octanol–water partition coefficient (Wildman–Crippen LogP) is 4.22. The molecule has 0 amide bonds. The summed E-state index contributed by atoms with van der Waals surface area (Å²) in [5, 5.41) is 28.8. The second kappa shape index (κ2) is 9.57. The minimum atomic E-state index is -0.802. The first kappa shape index (κ1) is 26.6. The van der Waals surface area contributed by atoms with Crippen LogP contribution < -0.4 is 5.32 Å². The molecule has 1 heterocycles. The zero-order valence-corrected chi connectivity index (χ0v) is 21.3. The molecule has 0 bridgehead atoms. The number of hydrogen-bond acceptors (Lipinski definition) is 5. The number of allylic oxidation sites excluding steroid dienone is 1. The van der Waals surface area contributed by atoms with Crippen LogP contribution in [0.25, 0.3) is 0 Å². The zero-order valence-electron chi connectivity index (χ0n) is 20.5. The molecule has 5 rings (SSSR count). The Morgan fingerprint density at radius 3 is 2.61 bits per heavy atom. The molecule has 0 aliphatic heterocycles. The monoisotopic (exact) mass is 480 g/mol. The van der Waals surface area contributed by atoms with Gasteiger partial charge in [0.25, 0.3) is 0 Å².